The Morgan fingerprint density at radius 1 is 1.12 bits per heavy atom. The topological polar surface area (TPSA) is 75.6 Å². The van der Waals surface area contributed by atoms with Crippen molar-refractivity contribution in [2.24, 2.45) is 0 Å². The van der Waals surface area contributed by atoms with E-state index in [-0.39, 0.29) is 12.2 Å². The van der Waals surface area contributed by atoms with Gasteiger partial charge in [0.2, 0.25) is 0 Å². The summed E-state index contributed by atoms with van der Waals surface area (Å²) in [5.74, 6) is -3.32. The van der Waals surface area contributed by atoms with Crippen LogP contribution in [0.3, 0.4) is 0 Å². The number of para-hydroxylation sites is 1. The molecule has 0 aromatic heterocycles. The zero-order valence-corrected chi connectivity index (χ0v) is 12.8. The van der Waals surface area contributed by atoms with E-state index in [0.717, 1.165) is 12.1 Å². The second-order valence-corrected chi connectivity index (χ2v) is 5.06. The fourth-order valence-corrected chi connectivity index (χ4v) is 1.91. The summed E-state index contributed by atoms with van der Waals surface area (Å²) in [5, 5.41) is 11.2. The summed E-state index contributed by atoms with van der Waals surface area (Å²) in [6.45, 7) is 1.29. The molecule has 5 nitrogen and oxygen atoms in total. The van der Waals surface area contributed by atoms with Crippen LogP contribution in [0.1, 0.15) is 12.5 Å². The summed E-state index contributed by atoms with van der Waals surface area (Å²) in [4.78, 5) is 23.7. The zero-order chi connectivity index (χ0) is 17.7. The fraction of sp³-hybridized carbons (Fsp3) is 0.176. The van der Waals surface area contributed by atoms with Gasteiger partial charge in [0.15, 0.2) is 6.10 Å². The summed E-state index contributed by atoms with van der Waals surface area (Å²) in [5.41, 5.74) is -0.00510. The SMILES string of the molecule is C[C@H](OC(=O)Cc1ccc(O)cc1)C(=O)Nc1c(F)cccc1F. The number of carbonyl (C=O) groups is 2. The molecule has 0 unspecified atom stereocenters. The third-order valence-electron chi connectivity index (χ3n) is 3.17. The summed E-state index contributed by atoms with van der Waals surface area (Å²) >= 11 is 0. The van der Waals surface area contributed by atoms with Gasteiger partial charge in [-0.2, -0.15) is 0 Å². The molecule has 0 aliphatic carbocycles. The van der Waals surface area contributed by atoms with Crippen LogP contribution in [0.25, 0.3) is 0 Å². The van der Waals surface area contributed by atoms with Gasteiger partial charge in [-0.3, -0.25) is 9.59 Å². The van der Waals surface area contributed by atoms with Crippen molar-refractivity contribution in [1.82, 2.24) is 0 Å². The highest BCUT2D eigenvalue weighted by atomic mass is 19.1. The van der Waals surface area contributed by atoms with E-state index in [2.05, 4.69) is 5.32 Å². The maximum atomic E-state index is 13.5. The molecule has 0 saturated heterocycles. The van der Waals surface area contributed by atoms with Crippen LogP contribution < -0.4 is 5.32 Å². The number of phenolic OH excluding ortho intramolecular Hbond substituents is 1. The lowest BCUT2D eigenvalue weighted by atomic mass is 10.1. The zero-order valence-electron chi connectivity index (χ0n) is 12.8. The number of nitrogens with one attached hydrogen (secondary N) is 1. The minimum Gasteiger partial charge on any atom is -0.508 e. The molecule has 0 saturated carbocycles. The number of hydrogen-bond acceptors (Lipinski definition) is 4. The number of anilines is 1. The van der Waals surface area contributed by atoms with Gasteiger partial charge >= 0.3 is 5.97 Å². The molecule has 0 heterocycles. The van der Waals surface area contributed by atoms with Crippen LogP contribution in [0, 0.1) is 11.6 Å². The van der Waals surface area contributed by atoms with Gasteiger partial charge in [-0.25, -0.2) is 8.78 Å². The average molecular weight is 335 g/mol. The Hall–Kier alpha value is -2.96. The smallest absolute Gasteiger partial charge is 0.311 e. The molecule has 1 amide bonds. The Morgan fingerprint density at radius 3 is 2.29 bits per heavy atom. The quantitative estimate of drug-likeness (QED) is 0.824. The maximum Gasteiger partial charge on any atom is 0.311 e. The predicted octanol–water partition coefficient (Wildman–Crippen LogP) is 2.78. The Balaban J connectivity index is 1.93. The van der Waals surface area contributed by atoms with Crippen LogP contribution in [-0.2, 0) is 20.7 Å². The molecule has 1 atom stereocenters. The number of hydrogen-bond donors (Lipinski definition) is 2. The Labute approximate surface area is 136 Å². The largest absolute Gasteiger partial charge is 0.508 e. The number of phenols is 1. The Morgan fingerprint density at radius 2 is 1.71 bits per heavy atom. The Bertz CT molecular complexity index is 727. The lowest BCUT2D eigenvalue weighted by molar-refractivity contribution is -0.152. The Kier molecular flexibility index (Phi) is 5.47. The van der Waals surface area contributed by atoms with E-state index in [1.54, 1.807) is 0 Å². The monoisotopic (exact) mass is 335 g/mol. The third-order valence-corrected chi connectivity index (χ3v) is 3.17. The molecule has 0 aliphatic rings. The molecule has 0 spiro atoms. The first-order valence-corrected chi connectivity index (χ1v) is 7.09. The molecule has 0 fully saturated rings. The van der Waals surface area contributed by atoms with Crippen molar-refractivity contribution in [1.29, 1.82) is 0 Å². The van der Waals surface area contributed by atoms with Gasteiger partial charge in [0, 0.05) is 0 Å². The number of ether oxygens (including phenoxy) is 1. The van der Waals surface area contributed by atoms with Crippen LogP contribution >= 0.6 is 0 Å². The highest BCUT2D eigenvalue weighted by Gasteiger charge is 2.20. The van der Waals surface area contributed by atoms with Crippen LogP contribution in [0.2, 0.25) is 0 Å². The fourth-order valence-electron chi connectivity index (χ4n) is 1.91. The van der Waals surface area contributed by atoms with Crippen molar-refractivity contribution in [3.8, 4) is 5.75 Å². The van der Waals surface area contributed by atoms with E-state index in [1.807, 2.05) is 0 Å². The van der Waals surface area contributed by atoms with Crippen LogP contribution in [-0.4, -0.2) is 23.1 Å². The molecule has 7 heteroatoms. The first-order valence-electron chi connectivity index (χ1n) is 7.09. The van der Waals surface area contributed by atoms with Crippen LogP contribution in [0.5, 0.6) is 5.75 Å². The predicted molar refractivity (Wildman–Crippen MR) is 82.4 cm³/mol. The highest BCUT2D eigenvalue weighted by Crippen LogP contribution is 2.18. The van der Waals surface area contributed by atoms with E-state index in [1.165, 1.54) is 37.3 Å². The van der Waals surface area contributed by atoms with Crippen LogP contribution in [0.4, 0.5) is 14.5 Å². The lowest BCUT2D eigenvalue weighted by Crippen LogP contribution is -2.31. The third kappa shape index (κ3) is 4.52. The average Bonchev–Trinajstić information content (AvgIpc) is 2.53. The van der Waals surface area contributed by atoms with Gasteiger partial charge in [0.1, 0.15) is 23.1 Å². The van der Waals surface area contributed by atoms with Crippen molar-refractivity contribution >= 4 is 17.6 Å². The second-order valence-electron chi connectivity index (χ2n) is 5.06. The first-order chi connectivity index (χ1) is 11.4. The van der Waals surface area contributed by atoms with Crippen molar-refractivity contribution in [2.45, 2.75) is 19.4 Å². The van der Waals surface area contributed by atoms with Gasteiger partial charge in [0.25, 0.3) is 5.91 Å². The number of carbonyl (C=O) groups excluding carboxylic acids is 2. The summed E-state index contributed by atoms with van der Waals surface area (Å²) in [6, 6.07) is 9.08. The van der Waals surface area contributed by atoms with Crippen molar-refractivity contribution < 1.29 is 28.2 Å². The minimum absolute atomic E-state index is 0.0618. The number of halogens is 2. The van der Waals surface area contributed by atoms with E-state index in [9.17, 15) is 18.4 Å². The molecule has 2 N–H and O–H groups in total. The van der Waals surface area contributed by atoms with Gasteiger partial charge in [-0.05, 0) is 36.8 Å². The van der Waals surface area contributed by atoms with E-state index >= 15 is 0 Å². The lowest BCUT2D eigenvalue weighted by Gasteiger charge is -2.14. The summed E-state index contributed by atoms with van der Waals surface area (Å²) < 4.78 is 31.9. The minimum atomic E-state index is -1.23. The highest BCUT2D eigenvalue weighted by molar-refractivity contribution is 5.95. The number of esters is 1. The molecule has 126 valence electrons. The van der Waals surface area contributed by atoms with E-state index < -0.39 is 35.3 Å². The molecule has 2 rings (SSSR count). The van der Waals surface area contributed by atoms with Gasteiger partial charge in [-0.1, -0.05) is 18.2 Å². The first kappa shape index (κ1) is 17.4. The number of aromatic hydroxyl groups is 1. The van der Waals surface area contributed by atoms with E-state index in [4.69, 9.17) is 9.84 Å². The molecule has 2 aromatic carbocycles. The number of benzene rings is 2. The molecular weight excluding hydrogens is 320 g/mol. The molecule has 0 bridgehead atoms. The summed E-state index contributed by atoms with van der Waals surface area (Å²) in [7, 11) is 0. The van der Waals surface area contributed by atoms with Gasteiger partial charge in [0.05, 0.1) is 6.42 Å². The van der Waals surface area contributed by atoms with E-state index in [0.29, 0.717) is 5.56 Å². The van der Waals surface area contributed by atoms with Crippen molar-refractivity contribution in [3.05, 3.63) is 59.7 Å². The maximum absolute atomic E-state index is 13.5. The molecule has 24 heavy (non-hydrogen) atoms. The van der Waals surface area contributed by atoms with Crippen molar-refractivity contribution in [2.75, 3.05) is 5.32 Å². The number of rotatable bonds is 5. The number of amides is 1. The van der Waals surface area contributed by atoms with Gasteiger partial charge in [-0.15, -0.1) is 0 Å². The van der Waals surface area contributed by atoms with Gasteiger partial charge < -0.3 is 15.2 Å². The molecule has 2 aromatic rings. The molecular formula is C17H15F2NO4. The normalized spacial score (nSPS) is 11.6. The molecule has 0 aliphatic heterocycles. The van der Waals surface area contributed by atoms with Crippen LogP contribution in [0.15, 0.2) is 42.5 Å². The standard InChI is InChI=1S/C17H15F2NO4/c1-10(17(23)20-16-13(18)3-2-4-14(16)19)24-15(22)9-11-5-7-12(21)8-6-11/h2-8,10,21H,9H2,1H3,(H,20,23)/t10-/m0/s1. The van der Waals surface area contributed by atoms with Crippen molar-refractivity contribution in [3.63, 3.8) is 0 Å². The summed E-state index contributed by atoms with van der Waals surface area (Å²) in [6.07, 6.45) is -1.33. The second kappa shape index (κ2) is 7.54. The molecule has 0 radical (unpaired) electrons.